The summed E-state index contributed by atoms with van der Waals surface area (Å²) in [7, 11) is 0. The van der Waals surface area contributed by atoms with E-state index in [1.54, 1.807) is 11.3 Å². The number of halogens is 1. The minimum absolute atomic E-state index is 0.362. The molecule has 1 aliphatic heterocycles. The Balaban J connectivity index is 1.39. The summed E-state index contributed by atoms with van der Waals surface area (Å²) in [6, 6.07) is 3.04. The Kier molecular flexibility index (Phi) is 4.36. The number of ether oxygens (including phenoxy) is 1. The maximum Gasteiger partial charge on any atom is 0.0826 e. The molecule has 3 nitrogen and oxygen atoms in total. The summed E-state index contributed by atoms with van der Waals surface area (Å²) >= 11 is 5.23. The van der Waals surface area contributed by atoms with Crippen molar-refractivity contribution in [3.8, 4) is 0 Å². The normalized spacial score (nSPS) is 25.5. The SMILES string of the molecule is Brc1cc(CNCC2CN(C3CC3)CCO2)cs1. The molecule has 1 saturated heterocycles. The monoisotopic (exact) mass is 330 g/mol. The van der Waals surface area contributed by atoms with E-state index in [1.165, 1.54) is 22.2 Å². The van der Waals surface area contributed by atoms with Gasteiger partial charge in [-0.1, -0.05) is 0 Å². The minimum atomic E-state index is 0.362. The lowest BCUT2D eigenvalue weighted by molar-refractivity contribution is -0.0301. The van der Waals surface area contributed by atoms with Gasteiger partial charge in [0.25, 0.3) is 0 Å². The summed E-state index contributed by atoms with van der Waals surface area (Å²) in [5, 5.41) is 5.69. The van der Waals surface area contributed by atoms with Gasteiger partial charge in [0.05, 0.1) is 16.5 Å². The van der Waals surface area contributed by atoms with Crippen LogP contribution in [0.1, 0.15) is 18.4 Å². The zero-order chi connectivity index (χ0) is 12.4. The van der Waals surface area contributed by atoms with E-state index in [4.69, 9.17) is 4.74 Å². The van der Waals surface area contributed by atoms with Gasteiger partial charge < -0.3 is 10.1 Å². The van der Waals surface area contributed by atoms with Gasteiger partial charge in [-0.3, -0.25) is 4.90 Å². The van der Waals surface area contributed by atoms with Crippen LogP contribution in [0.2, 0.25) is 0 Å². The van der Waals surface area contributed by atoms with E-state index in [9.17, 15) is 0 Å². The quantitative estimate of drug-likeness (QED) is 0.897. The van der Waals surface area contributed by atoms with Crippen LogP contribution in [-0.2, 0) is 11.3 Å². The third-order valence-electron chi connectivity index (χ3n) is 3.56. The third kappa shape index (κ3) is 3.54. The van der Waals surface area contributed by atoms with Gasteiger partial charge in [0.1, 0.15) is 0 Å². The smallest absolute Gasteiger partial charge is 0.0826 e. The molecular weight excluding hydrogens is 312 g/mol. The molecule has 0 aromatic carbocycles. The standard InChI is InChI=1S/C13H19BrN2OS/c14-13-5-10(9-18-13)6-15-7-12-8-16(3-4-17-12)11-1-2-11/h5,9,11-12,15H,1-4,6-8H2. The Bertz CT molecular complexity index is 394. The van der Waals surface area contributed by atoms with Crippen LogP contribution < -0.4 is 5.32 Å². The van der Waals surface area contributed by atoms with Gasteiger partial charge in [0.15, 0.2) is 0 Å². The second kappa shape index (κ2) is 6.01. The molecular formula is C13H19BrN2OS. The molecule has 2 heterocycles. The maximum atomic E-state index is 5.82. The van der Waals surface area contributed by atoms with Crippen LogP contribution in [0.3, 0.4) is 0 Å². The van der Waals surface area contributed by atoms with Crippen LogP contribution in [0, 0.1) is 0 Å². The van der Waals surface area contributed by atoms with Crippen molar-refractivity contribution in [3.63, 3.8) is 0 Å². The summed E-state index contributed by atoms with van der Waals surface area (Å²) in [4.78, 5) is 2.59. The van der Waals surface area contributed by atoms with Crippen LogP contribution in [0.4, 0.5) is 0 Å². The number of hydrogen-bond acceptors (Lipinski definition) is 4. The van der Waals surface area contributed by atoms with E-state index in [-0.39, 0.29) is 0 Å². The lowest BCUT2D eigenvalue weighted by Gasteiger charge is -2.33. The first-order valence-electron chi connectivity index (χ1n) is 6.60. The first-order valence-corrected chi connectivity index (χ1v) is 8.28. The van der Waals surface area contributed by atoms with E-state index in [2.05, 4.69) is 37.6 Å². The summed E-state index contributed by atoms with van der Waals surface area (Å²) in [6.45, 7) is 5.01. The van der Waals surface area contributed by atoms with Crippen molar-refractivity contribution in [1.29, 1.82) is 0 Å². The van der Waals surface area contributed by atoms with Gasteiger partial charge >= 0.3 is 0 Å². The van der Waals surface area contributed by atoms with Crippen molar-refractivity contribution in [2.75, 3.05) is 26.2 Å². The largest absolute Gasteiger partial charge is 0.374 e. The predicted molar refractivity (Wildman–Crippen MR) is 78.1 cm³/mol. The van der Waals surface area contributed by atoms with Crippen molar-refractivity contribution < 1.29 is 4.74 Å². The van der Waals surface area contributed by atoms with Crippen molar-refractivity contribution in [1.82, 2.24) is 10.2 Å². The van der Waals surface area contributed by atoms with Crippen molar-refractivity contribution in [2.24, 2.45) is 0 Å². The van der Waals surface area contributed by atoms with Crippen molar-refractivity contribution >= 4 is 27.3 Å². The molecule has 0 bridgehead atoms. The van der Waals surface area contributed by atoms with Gasteiger partial charge in [0.2, 0.25) is 0 Å². The lowest BCUT2D eigenvalue weighted by atomic mass is 10.2. The third-order valence-corrected chi connectivity index (χ3v) is 5.11. The highest BCUT2D eigenvalue weighted by molar-refractivity contribution is 9.11. The first kappa shape index (κ1) is 13.1. The minimum Gasteiger partial charge on any atom is -0.374 e. The highest BCUT2D eigenvalue weighted by atomic mass is 79.9. The second-order valence-corrected chi connectivity index (χ2v) is 7.40. The van der Waals surface area contributed by atoms with E-state index >= 15 is 0 Å². The van der Waals surface area contributed by atoms with E-state index in [0.717, 1.165) is 38.8 Å². The van der Waals surface area contributed by atoms with E-state index in [1.807, 2.05) is 0 Å². The van der Waals surface area contributed by atoms with Gasteiger partial charge in [0, 0.05) is 32.2 Å². The average Bonchev–Trinajstić information content (AvgIpc) is 3.14. The molecule has 3 rings (SSSR count). The molecule has 1 aromatic heterocycles. The number of rotatable bonds is 5. The Morgan fingerprint density at radius 2 is 2.39 bits per heavy atom. The highest BCUT2D eigenvalue weighted by Gasteiger charge is 2.32. The Morgan fingerprint density at radius 1 is 1.50 bits per heavy atom. The lowest BCUT2D eigenvalue weighted by Crippen LogP contribution is -2.47. The number of hydrogen-bond donors (Lipinski definition) is 1. The molecule has 2 aliphatic rings. The van der Waals surface area contributed by atoms with Crippen molar-refractivity contribution in [3.05, 3.63) is 20.8 Å². The average molecular weight is 331 g/mol. The van der Waals surface area contributed by atoms with Crippen LogP contribution in [0.15, 0.2) is 15.2 Å². The van der Waals surface area contributed by atoms with Gasteiger partial charge in [-0.15, -0.1) is 11.3 Å². The Labute approximate surface area is 121 Å². The molecule has 18 heavy (non-hydrogen) atoms. The molecule has 1 aliphatic carbocycles. The van der Waals surface area contributed by atoms with Crippen LogP contribution in [-0.4, -0.2) is 43.3 Å². The number of morpholine rings is 1. The zero-order valence-corrected chi connectivity index (χ0v) is 12.8. The molecule has 0 amide bonds. The van der Waals surface area contributed by atoms with Crippen LogP contribution in [0.25, 0.3) is 0 Å². The fourth-order valence-electron chi connectivity index (χ4n) is 2.45. The number of nitrogens with zero attached hydrogens (tertiary/aromatic N) is 1. The highest BCUT2D eigenvalue weighted by Crippen LogP contribution is 2.28. The zero-order valence-electron chi connectivity index (χ0n) is 10.4. The summed E-state index contributed by atoms with van der Waals surface area (Å²) in [5.41, 5.74) is 1.35. The predicted octanol–water partition coefficient (Wildman–Crippen LogP) is 2.46. The van der Waals surface area contributed by atoms with Crippen LogP contribution in [0.5, 0.6) is 0 Å². The molecule has 1 aromatic rings. The molecule has 5 heteroatoms. The summed E-state index contributed by atoms with van der Waals surface area (Å²) in [5.74, 6) is 0. The molecule has 1 atom stereocenters. The molecule has 2 fully saturated rings. The molecule has 0 spiro atoms. The Hall–Kier alpha value is 0.0600. The topological polar surface area (TPSA) is 24.5 Å². The molecule has 1 N–H and O–H groups in total. The van der Waals surface area contributed by atoms with Gasteiger partial charge in [-0.2, -0.15) is 0 Å². The number of nitrogens with one attached hydrogen (secondary N) is 1. The molecule has 0 radical (unpaired) electrons. The van der Waals surface area contributed by atoms with Crippen LogP contribution >= 0.6 is 27.3 Å². The second-order valence-electron chi connectivity index (χ2n) is 5.11. The molecule has 1 unspecified atom stereocenters. The Morgan fingerprint density at radius 3 is 3.11 bits per heavy atom. The fourth-order valence-corrected chi connectivity index (χ4v) is 3.66. The van der Waals surface area contributed by atoms with Crippen molar-refractivity contribution in [2.45, 2.75) is 31.5 Å². The fraction of sp³-hybridized carbons (Fsp3) is 0.692. The molecule has 1 saturated carbocycles. The molecule has 100 valence electrons. The maximum absolute atomic E-state index is 5.82. The van der Waals surface area contributed by atoms with E-state index in [0.29, 0.717) is 6.10 Å². The summed E-state index contributed by atoms with van der Waals surface area (Å²) < 4.78 is 7.02. The summed E-state index contributed by atoms with van der Waals surface area (Å²) in [6.07, 6.45) is 3.15. The van der Waals surface area contributed by atoms with Gasteiger partial charge in [-0.05, 0) is 45.8 Å². The van der Waals surface area contributed by atoms with E-state index < -0.39 is 0 Å². The van der Waals surface area contributed by atoms with Gasteiger partial charge in [-0.25, -0.2) is 0 Å². The number of thiophene rings is 1. The first-order chi connectivity index (χ1) is 8.81.